The van der Waals surface area contributed by atoms with E-state index in [1.165, 1.54) is 12.1 Å². The van der Waals surface area contributed by atoms with E-state index in [-0.39, 0.29) is 17.0 Å². The van der Waals surface area contributed by atoms with Crippen molar-refractivity contribution >= 4 is 32.5 Å². The highest BCUT2D eigenvalue weighted by Crippen LogP contribution is 2.21. The number of aryl methyl sites for hydroxylation is 1. The van der Waals surface area contributed by atoms with Crippen molar-refractivity contribution in [3.8, 4) is 5.75 Å². The van der Waals surface area contributed by atoms with Crippen molar-refractivity contribution in [2.24, 2.45) is 0 Å². The van der Waals surface area contributed by atoms with Crippen LogP contribution in [0.1, 0.15) is 11.1 Å². The molecule has 8 heteroatoms. The molecule has 1 heterocycles. The molecule has 0 saturated carbocycles. The predicted molar refractivity (Wildman–Crippen MR) is 101 cm³/mol. The Morgan fingerprint density at radius 2 is 1.92 bits per heavy atom. The zero-order chi connectivity index (χ0) is 18.9. The second kappa shape index (κ2) is 7.11. The minimum atomic E-state index is -3.79. The molecule has 0 fully saturated rings. The summed E-state index contributed by atoms with van der Waals surface area (Å²) >= 11 is 5.99. The van der Waals surface area contributed by atoms with Gasteiger partial charge in [-0.1, -0.05) is 17.7 Å². The van der Waals surface area contributed by atoms with Crippen LogP contribution in [0.4, 0.5) is 0 Å². The third-order valence-corrected chi connectivity index (χ3v) is 5.84. The number of ether oxygens (including phenoxy) is 1. The zero-order valence-corrected chi connectivity index (χ0v) is 15.7. The summed E-state index contributed by atoms with van der Waals surface area (Å²) in [4.78, 5) is 15.0. The fourth-order valence-electron chi connectivity index (χ4n) is 2.48. The number of hydrogen-bond donors (Lipinski definition) is 2. The number of fused-ring (bicyclic) bond motifs is 1. The number of rotatable bonds is 5. The molecule has 3 aromatic rings. The van der Waals surface area contributed by atoms with Crippen molar-refractivity contribution in [1.82, 2.24) is 9.71 Å². The first-order valence-corrected chi connectivity index (χ1v) is 9.62. The van der Waals surface area contributed by atoms with Gasteiger partial charge in [0.15, 0.2) is 0 Å². The van der Waals surface area contributed by atoms with Gasteiger partial charge in [0, 0.05) is 23.2 Å². The summed E-state index contributed by atoms with van der Waals surface area (Å²) in [6.45, 7) is 1.65. The smallest absolute Gasteiger partial charge is 0.252 e. The van der Waals surface area contributed by atoms with Crippen molar-refractivity contribution in [3.63, 3.8) is 0 Å². The van der Waals surface area contributed by atoms with Crippen LogP contribution in [-0.4, -0.2) is 20.5 Å². The molecule has 1 aromatic heterocycles. The molecular formula is C18H17ClN2O4S. The Morgan fingerprint density at radius 1 is 1.15 bits per heavy atom. The monoisotopic (exact) mass is 392 g/mol. The number of methoxy groups -OCH3 is 1. The standard InChI is InChI=1S/C18H17ClN2O4S/c1-11-3-6-15(9-16(11)19)26(23,24)20-10-13-7-12-4-5-14(25-2)8-17(12)21-18(13)22/h3-9,20H,10H2,1-2H3,(H,21,22). The molecule has 0 bridgehead atoms. The van der Waals surface area contributed by atoms with Crippen molar-refractivity contribution in [1.29, 1.82) is 0 Å². The summed E-state index contributed by atoms with van der Waals surface area (Å²) < 4.78 is 32.4. The fraction of sp³-hybridized carbons (Fsp3) is 0.167. The maximum Gasteiger partial charge on any atom is 0.252 e. The molecule has 0 saturated heterocycles. The van der Waals surface area contributed by atoms with Gasteiger partial charge in [-0.25, -0.2) is 13.1 Å². The van der Waals surface area contributed by atoms with E-state index in [1.807, 2.05) is 0 Å². The molecule has 0 amide bonds. The summed E-state index contributed by atoms with van der Waals surface area (Å²) in [5, 5.41) is 1.14. The molecule has 0 aliphatic rings. The van der Waals surface area contributed by atoms with Crippen molar-refractivity contribution < 1.29 is 13.2 Å². The quantitative estimate of drug-likeness (QED) is 0.698. The Labute approximate surface area is 155 Å². The SMILES string of the molecule is COc1ccc2cc(CNS(=O)(=O)c3ccc(C)c(Cl)c3)c(=O)[nH]c2c1. The molecule has 0 unspecified atom stereocenters. The van der Waals surface area contributed by atoms with Crippen LogP contribution in [0.15, 0.2) is 52.2 Å². The first-order valence-electron chi connectivity index (χ1n) is 7.76. The summed E-state index contributed by atoms with van der Waals surface area (Å²) in [6.07, 6.45) is 0. The highest BCUT2D eigenvalue weighted by Gasteiger charge is 2.16. The minimum absolute atomic E-state index is 0.0510. The maximum atomic E-state index is 12.4. The number of aromatic nitrogens is 1. The van der Waals surface area contributed by atoms with Gasteiger partial charge in [0.1, 0.15) is 5.75 Å². The van der Waals surface area contributed by atoms with E-state index in [0.29, 0.717) is 21.9 Å². The lowest BCUT2D eigenvalue weighted by Crippen LogP contribution is -2.27. The van der Waals surface area contributed by atoms with Crippen LogP contribution >= 0.6 is 11.6 Å². The minimum Gasteiger partial charge on any atom is -0.497 e. The summed E-state index contributed by atoms with van der Waals surface area (Å²) in [5.74, 6) is 0.623. The first-order chi connectivity index (χ1) is 12.3. The zero-order valence-electron chi connectivity index (χ0n) is 14.2. The lowest BCUT2D eigenvalue weighted by molar-refractivity contribution is 0.415. The van der Waals surface area contributed by atoms with Crippen molar-refractivity contribution in [3.05, 3.63) is 69.0 Å². The molecule has 0 spiro atoms. The maximum absolute atomic E-state index is 12.4. The normalized spacial score (nSPS) is 11.7. The Morgan fingerprint density at radius 3 is 2.62 bits per heavy atom. The second-order valence-corrected chi connectivity index (χ2v) is 7.99. The highest BCUT2D eigenvalue weighted by molar-refractivity contribution is 7.89. The van der Waals surface area contributed by atoms with E-state index in [1.54, 1.807) is 44.4 Å². The van der Waals surface area contributed by atoms with E-state index < -0.39 is 10.0 Å². The highest BCUT2D eigenvalue weighted by atomic mass is 35.5. The van der Waals surface area contributed by atoms with Gasteiger partial charge in [0.2, 0.25) is 10.0 Å². The van der Waals surface area contributed by atoms with E-state index in [0.717, 1.165) is 10.9 Å². The molecule has 26 heavy (non-hydrogen) atoms. The molecule has 136 valence electrons. The van der Waals surface area contributed by atoms with Gasteiger partial charge in [-0.3, -0.25) is 4.79 Å². The van der Waals surface area contributed by atoms with E-state index in [9.17, 15) is 13.2 Å². The Kier molecular flexibility index (Phi) is 5.04. The predicted octanol–water partition coefficient (Wildman–Crippen LogP) is 2.98. The number of nitrogens with one attached hydrogen (secondary N) is 2. The molecule has 0 aliphatic heterocycles. The second-order valence-electron chi connectivity index (χ2n) is 5.81. The van der Waals surface area contributed by atoms with Crippen LogP contribution in [0.25, 0.3) is 10.9 Å². The van der Waals surface area contributed by atoms with Crippen LogP contribution < -0.4 is 15.0 Å². The fourth-order valence-corrected chi connectivity index (χ4v) is 3.76. The third kappa shape index (κ3) is 3.75. The molecule has 0 atom stereocenters. The topological polar surface area (TPSA) is 88.3 Å². The number of benzene rings is 2. The van der Waals surface area contributed by atoms with Gasteiger partial charge in [0.25, 0.3) is 5.56 Å². The van der Waals surface area contributed by atoms with E-state index in [2.05, 4.69) is 9.71 Å². The molecule has 3 rings (SSSR count). The number of hydrogen-bond acceptors (Lipinski definition) is 4. The Balaban J connectivity index is 1.87. The van der Waals surface area contributed by atoms with Gasteiger partial charge in [-0.05, 0) is 48.2 Å². The van der Waals surface area contributed by atoms with Crippen LogP contribution in [-0.2, 0) is 16.6 Å². The van der Waals surface area contributed by atoms with Gasteiger partial charge in [-0.2, -0.15) is 0 Å². The summed E-state index contributed by atoms with van der Waals surface area (Å²) in [6, 6.07) is 11.4. The molecule has 0 aliphatic carbocycles. The number of aromatic amines is 1. The van der Waals surface area contributed by atoms with Gasteiger partial charge in [-0.15, -0.1) is 0 Å². The number of H-pyrrole nitrogens is 1. The number of pyridine rings is 1. The van der Waals surface area contributed by atoms with Crippen LogP contribution in [0.2, 0.25) is 5.02 Å². The molecule has 2 aromatic carbocycles. The summed E-state index contributed by atoms with van der Waals surface area (Å²) in [5.41, 5.74) is 1.35. The lowest BCUT2D eigenvalue weighted by atomic mass is 10.1. The van der Waals surface area contributed by atoms with Crippen molar-refractivity contribution in [2.75, 3.05) is 7.11 Å². The van der Waals surface area contributed by atoms with E-state index in [4.69, 9.17) is 16.3 Å². The number of halogens is 1. The first kappa shape index (κ1) is 18.4. The van der Waals surface area contributed by atoms with Gasteiger partial charge >= 0.3 is 0 Å². The van der Waals surface area contributed by atoms with Crippen LogP contribution in [0, 0.1) is 6.92 Å². The molecular weight excluding hydrogens is 376 g/mol. The lowest BCUT2D eigenvalue weighted by Gasteiger charge is -2.09. The van der Waals surface area contributed by atoms with Gasteiger partial charge in [0.05, 0.1) is 17.5 Å². The van der Waals surface area contributed by atoms with E-state index >= 15 is 0 Å². The number of sulfonamides is 1. The third-order valence-electron chi connectivity index (χ3n) is 4.04. The Hall–Kier alpha value is -2.35. The summed E-state index contributed by atoms with van der Waals surface area (Å²) in [7, 11) is -2.24. The van der Waals surface area contributed by atoms with Crippen LogP contribution in [0.3, 0.4) is 0 Å². The Bertz CT molecular complexity index is 1140. The van der Waals surface area contributed by atoms with Gasteiger partial charge < -0.3 is 9.72 Å². The average Bonchev–Trinajstić information content (AvgIpc) is 2.61. The van der Waals surface area contributed by atoms with Crippen molar-refractivity contribution in [2.45, 2.75) is 18.4 Å². The average molecular weight is 393 g/mol. The molecule has 2 N–H and O–H groups in total. The molecule has 0 radical (unpaired) electrons. The molecule has 6 nitrogen and oxygen atoms in total. The van der Waals surface area contributed by atoms with Crippen LogP contribution in [0.5, 0.6) is 5.75 Å². The largest absolute Gasteiger partial charge is 0.497 e.